The number of carbonyl (C=O) groups excluding carboxylic acids is 1. The number of benzene rings is 2. The topological polar surface area (TPSA) is 66.6 Å². The Labute approximate surface area is 136 Å². The van der Waals surface area contributed by atoms with E-state index in [1.54, 1.807) is 43.4 Å². The lowest BCUT2D eigenvalue weighted by atomic mass is 10.1. The van der Waals surface area contributed by atoms with Crippen LogP contribution in [0.4, 0.5) is 5.69 Å². The number of para-hydroxylation sites is 1. The van der Waals surface area contributed by atoms with Gasteiger partial charge in [-0.3, -0.25) is 4.79 Å². The number of carbonyl (C=O) groups is 1. The molecule has 0 heterocycles. The molecule has 0 bridgehead atoms. The van der Waals surface area contributed by atoms with Crippen LogP contribution in [0.15, 0.2) is 46.9 Å². The third-order valence-corrected chi connectivity index (χ3v) is 3.74. The Hall–Kier alpha value is -1.92. The summed E-state index contributed by atoms with van der Waals surface area (Å²) in [5.41, 5.74) is 7.08. The molecule has 4 nitrogen and oxygen atoms in total. The van der Waals surface area contributed by atoms with E-state index in [4.69, 9.17) is 18.0 Å². The summed E-state index contributed by atoms with van der Waals surface area (Å²) < 4.78 is 0.708. The molecule has 2 aromatic rings. The van der Waals surface area contributed by atoms with E-state index < -0.39 is 0 Å². The highest BCUT2D eigenvalue weighted by Crippen LogP contribution is 2.26. The molecule has 0 aromatic heterocycles. The van der Waals surface area contributed by atoms with Gasteiger partial charge in [0.15, 0.2) is 0 Å². The molecule has 0 radical (unpaired) electrons. The smallest absolute Gasteiger partial charge is 0.261 e. The molecule has 21 heavy (non-hydrogen) atoms. The average molecular weight is 365 g/mol. The molecule has 0 saturated carbocycles. The van der Waals surface area contributed by atoms with Crippen molar-refractivity contribution < 1.29 is 9.90 Å². The van der Waals surface area contributed by atoms with E-state index in [1.165, 1.54) is 11.0 Å². The molecule has 0 atom stereocenters. The third kappa shape index (κ3) is 3.22. The molecule has 0 fully saturated rings. The monoisotopic (exact) mass is 364 g/mol. The zero-order valence-corrected chi connectivity index (χ0v) is 13.6. The van der Waals surface area contributed by atoms with Crippen LogP contribution in [0.2, 0.25) is 0 Å². The van der Waals surface area contributed by atoms with Crippen LogP contribution in [0.25, 0.3) is 0 Å². The summed E-state index contributed by atoms with van der Waals surface area (Å²) in [6, 6.07) is 11.8. The first-order valence-corrected chi connectivity index (χ1v) is 7.27. The maximum atomic E-state index is 12.6. The SMILES string of the molecule is CN(C(=O)c1cc(Br)ccc1O)c1ccccc1C(N)=S. The second-order valence-corrected chi connectivity index (χ2v) is 5.76. The molecule has 0 aliphatic heterocycles. The minimum Gasteiger partial charge on any atom is -0.507 e. The number of hydrogen-bond acceptors (Lipinski definition) is 3. The molecular formula is C15H13BrN2O2S. The fraction of sp³-hybridized carbons (Fsp3) is 0.0667. The predicted octanol–water partition coefficient (Wildman–Crippen LogP) is 3.07. The molecule has 108 valence electrons. The molecule has 0 aliphatic rings. The largest absolute Gasteiger partial charge is 0.507 e. The minimum absolute atomic E-state index is 0.0807. The van der Waals surface area contributed by atoms with Gasteiger partial charge in [0.05, 0.1) is 11.3 Å². The average Bonchev–Trinajstić information content (AvgIpc) is 2.48. The van der Waals surface area contributed by atoms with Crippen LogP contribution < -0.4 is 10.6 Å². The molecule has 6 heteroatoms. The fourth-order valence-electron chi connectivity index (χ4n) is 1.94. The van der Waals surface area contributed by atoms with Crippen molar-refractivity contribution >= 4 is 44.7 Å². The maximum absolute atomic E-state index is 12.6. The number of rotatable bonds is 3. The van der Waals surface area contributed by atoms with Crippen LogP contribution in [0.3, 0.4) is 0 Å². The van der Waals surface area contributed by atoms with Crippen LogP contribution in [0, 0.1) is 0 Å². The highest BCUT2D eigenvalue weighted by Gasteiger charge is 2.20. The van der Waals surface area contributed by atoms with E-state index in [-0.39, 0.29) is 22.2 Å². The van der Waals surface area contributed by atoms with Gasteiger partial charge in [-0.25, -0.2) is 0 Å². The fourth-order valence-corrected chi connectivity index (χ4v) is 2.48. The molecule has 0 aliphatic carbocycles. The number of phenols is 1. The van der Waals surface area contributed by atoms with Gasteiger partial charge in [0.1, 0.15) is 10.7 Å². The molecule has 2 aromatic carbocycles. The Bertz CT molecular complexity index is 719. The number of aromatic hydroxyl groups is 1. The van der Waals surface area contributed by atoms with Gasteiger partial charge in [-0.2, -0.15) is 0 Å². The van der Waals surface area contributed by atoms with Crippen LogP contribution in [-0.2, 0) is 0 Å². The summed E-state index contributed by atoms with van der Waals surface area (Å²) in [5.74, 6) is -0.430. The maximum Gasteiger partial charge on any atom is 0.261 e. The summed E-state index contributed by atoms with van der Waals surface area (Å²) >= 11 is 8.29. The van der Waals surface area contributed by atoms with Crippen molar-refractivity contribution in [3.05, 3.63) is 58.1 Å². The van der Waals surface area contributed by atoms with Gasteiger partial charge in [-0.1, -0.05) is 40.3 Å². The van der Waals surface area contributed by atoms with E-state index >= 15 is 0 Å². The van der Waals surface area contributed by atoms with Gasteiger partial charge >= 0.3 is 0 Å². The quantitative estimate of drug-likeness (QED) is 0.821. The number of hydrogen-bond donors (Lipinski definition) is 2. The van der Waals surface area contributed by atoms with Crippen LogP contribution in [-0.4, -0.2) is 23.0 Å². The van der Waals surface area contributed by atoms with Crippen molar-refractivity contribution in [2.45, 2.75) is 0 Å². The van der Waals surface area contributed by atoms with Gasteiger partial charge in [0.25, 0.3) is 5.91 Å². The summed E-state index contributed by atoms with van der Waals surface area (Å²) in [6.07, 6.45) is 0. The Kier molecular flexibility index (Phi) is 4.59. The van der Waals surface area contributed by atoms with E-state index in [1.807, 2.05) is 0 Å². The highest BCUT2D eigenvalue weighted by atomic mass is 79.9. The predicted molar refractivity (Wildman–Crippen MR) is 90.9 cm³/mol. The highest BCUT2D eigenvalue weighted by molar-refractivity contribution is 9.10. The van der Waals surface area contributed by atoms with Crippen LogP contribution in [0.1, 0.15) is 15.9 Å². The normalized spacial score (nSPS) is 10.2. The second-order valence-electron chi connectivity index (χ2n) is 4.41. The Morgan fingerprint density at radius 3 is 2.57 bits per heavy atom. The summed E-state index contributed by atoms with van der Waals surface area (Å²) in [7, 11) is 1.61. The van der Waals surface area contributed by atoms with Gasteiger partial charge in [-0.15, -0.1) is 0 Å². The van der Waals surface area contributed by atoms with Gasteiger partial charge < -0.3 is 15.7 Å². The van der Waals surface area contributed by atoms with E-state index in [0.29, 0.717) is 15.7 Å². The first-order valence-electron chi connectivity index (χ1n) is 6.07. The Morgan fingerprint density at radius 2 is 1.90 bits per heavy atom. The lowest BCUT2D eigenvalue weighted by Gasteiger charge is -2.21. The number of nitrogens with two attached hydrogens (primary N) is 1. The van der Waals surface area contributed by atoms with Crippen molar-refractivity contribution in [2.24, 2.45) is 5.73 Å². The lowest BCUT2D eigenvalue weighted by Crippen LogP contribution is -2.28. The van der Waals surface area contributed by atoms with Crippen molar-refractivity contribution in [1.82, 2.24) is 0 Å². The van der Waals surface area contributed by atoms with Crippen molar-refractivity contribution in [3.63, 3.8) is 0 Å². The van der Waals surface area contributed by atoms with Crippen molar-refractivity contribution in [1.29, 1.82) is 0 Å². The second kappa shape index (κ2) is 6.24. The summed E-state index contributed by atoms with van der Waals surface area (Å²) in [5, 5.41) is 9.86. The molecular weight excluding hydrogens is 352 g/mol. The van der Waals surface area contributed by atoms with Crippen molar-refractivity contribution in [2.75, 3.05) is 11.9 Å². The molecule has 3 N–H and O–H groups in total. The number of thiocarbonyl (C=S) groups is 1. The first kappa shape index (κ1) is 15.5. The lowest BCUT2D eigenvalue weighted by molar-refractivity contribution is 0.0990. The number of anilines is 1. The Balaban J connectivity index is 2.45. The van der Waals surface area contributed by atoms with Crippen LogP contribution in [0.5, 0.6) is 5.75 Å². The Morgan fingerprint density at radius 1 is 1.24 bits per heavy atom. The van der Waals surface area contributed by atoms with E-state index in [2.05, 4.69) is 15.9 Å². The molecule has 0 saturated heterocycles. The molecule has 2 rings (SSSR count). The van der Waals surface area contributed by atoms with E-state index in [0.717, 1.165) is 0 Å². The molecule has 0 unspecified atom stereocenters. The van der Waals surface area contributed by atoms with Gasteiger partial charge in [0, 0.05) is 17.1 Å². The first-order chi connectivity index (χ1) is 9.91. The number of phenolic OH excluding ortho intramolecular Hbond substituents is 1. The van der Waals surface area contributed by atoms with Crippen molar-refractivity contribution in [3.8, 4) is 5.75 Å². The van der Waals surface area contributed by atoms with Gasteiger partial charge in [0.2, 0.25) is 0 Å². The molecule has 0 spiro atoms. The number of halogens is 1. The molecule has 1 amide bonds. The zero-order chi connectivity index (χ0) is 15.6. The zero-order valence-electron chi connectivity index (χ0n) is 11.2. The number of amides is 1. The summed E-state index contributed by atoms with van der Waals surface area (Å²) in [4.78, 5) is 14.2. The standard InChI is InChI=1S/C15H13BrN2O2S/c1-18(12-5-3-2-4-10(12)14(17)21)15(20)11-8-9(16)6-7-13(11)19/h2-8,19H,1H3,(H2,17,21). The minimum atomic E-state index is -0.350. The number of nitrogens with zero attached hydrogens (tertiary/aromatic N) is 1. The third-order valence-electron chi connectivity index (χ3n) is 3.02. The van der Waals surface area contributed by atoms with E-state index in [9.17, 15) is 9.90 Å². The summed E-state index contributed by atoms with van der Waals surface area (Å²) in [6.45, 7) is 0. The van der Waals surface area contributed by atoms with Gasteiger partial charge in [-0.05, 0) is 30.3 Å². The van der Waals surface area contributed by atoms with Crippen LogP contribution >= 0.6 is 28.1 Å².